The zero-order chi connectivity index (χ0) is 20.7. The highest BCUT2D eigenvalue weighted by atomic mass is 32.2. The average molecular weight is 454 g/mol. The standard InChI is InChI=1S/C15H19N9O2S3/c16-14(17)22-15-21-11(9-28-15)8-27-5-4-19-12-13(24-29(25,26)23-12)20-7-10-2-1-3-18-6-10/h1-3,6,9H,4-5,7-8H2,(H,19,23)(H,20,24)(H4,16,17,21,22). The van der Waals surface area contributed by atoms with E-state index in [-0.39, 0.29) is 17.6 Å². The smallest absolute Gasteiger partial charge is 0.324 e. The number of pyridine rings is 1. The quantitative estimate of drug-likeness (QED) is 0.249. The normalized spacial score (nSPS) is 17.8. The molecule has 0 saturated carbocycles. The Hall–Kier alpha value is -2.71. The summed E-state index contributed by atoms with van der Waals surface area (Å²) in [6.07, 6.45) is 3.33. The maximum absolute atomic E-state index is 11.8. The molecule has 154 valence electrons. The molecule has 6 N–H and O–H groups in total. The SMILES string of the molecule is NC(N)=Nc1nc(CSCCN=C2NS(=O)(=O)NC2=NCc2cccnc2)cs1. The van der Waals surface area contributed by atoms with Crippen LogP contribution in [0.1, 0.15) is 11.3 Å². The number of guanidine groups is 1. The number of hydrogen-bond acceptors (Lipinski definition) is 9. The Bertz CT molecular complexity index is 1030. The Kier molecular flexibility index (Phi) is 7.00. The number of thiazole rings is 1. The van der Waals surface area contributed by atoms with E-state index in [1.807, 2.05) is 11.4 Å². The van der Waals surface area contributed by atoms with Gasteiger partial charge in [-0.3, -0.25) is 15.0 Å². The van der Waals surface area contributed by atoms with Gasteiger partial charge in [0.25, 0.3) is 0 Å². The summed E-state index contributed by atoms with van der Waals surface area (Å²) in [5.41, 5.74) is 12.4. The maximum atomic E-state index is 11.8. The highest BCUT2D eigenvalue weighted by molar-refractivity contribution is 7.98. The Morgan fingerprint density at radius 1 is 1.24 bits per heavy atom. The molecular weight excluding hydrogens is 434 g/mol. The fourth-order valence-corrected chi connectivity index (χ4v) is 4.59. The molecule has 1 aliphatic heterocycles. The molecule has 0 spiro atoms. The summed E-state index contributed by atoms with van der Waals surface area (Å²) >= 11 is 2.97. The topological polar surface area (TPSA) is 173 Å². The molecule has 29 heavy (non-hydrogen) atoms. The van der Waals surface area contributed by atoms with Crippen LogP contribution in [0, 0.1) is 0 Å². The van der Waals surface area contributed by atoms with Crippen LogP contribution in [0.15, 0.2) is 44.9 Å². The minimum absolute atomic E-state index is 0.0250. The molecule has 3 rings (SSSR count). The lowest BCUT2D eigenvalue weighted by Crippen LogP contribution is -2.24. The number of thioether (sulfide) groups is 1. The summed E-state index contributed by atoms with van der Waals surface area (Å²) in [6, 6.07) is 3.65. The Labute approximate surface area is 176 Å². The van der Waals surface area contributed by atoms with Crippen LogP contribution in [0.5, 0.6) is 0 Å². The van der Waals surface area contributed by atoms with E-state index < -0.39 is 10.2 Å². The lowest BCUT2D eigenvalue weighted by atomic mass is 10.3. The van der Waals surface area contributed by atoms with E-state index in [2.05, 4.69) is 34.4 Å². The highest BCUT2D eigenvalue weighted by Gasteiger charge is 2.27. The van der Waals surface area contributed by atoms with Crippen LogP contribution in [-0.2, 0) is 22.5 Å². The number of hydrogen-bond donors (Lipinski definition) is 4. The fourth-order valence-electron chi connectivity index (χ4n) is 2.18. The van der Waals surface area contributed by atoms with Crippen LogP contribution in [0.3, 0.4) is 0 Å². The highest BCUT2D eigenvalue weighted by Crippen LogP contribution is 2.21. The molecule has 2 aromatic heterocycles. The number of nitrogens with one attached hydrogen (secondary N) is 2. The van der Waals surface area contributed by atoms with Gasteiger partial charge in [-0.05, 0) is 11.6 Å². The van der Waals surface area contributed by atoms with Crippen molar-refractivity contribution in [3.05, 3.63) is 41.2 Å². The van der Waals surface area contributed by atoms with Crippen molar-refractivity contribution in [2.24, 2.45) is 26.4 Å². The third-order valence-electron chi connectivity index (χ3n) is 3.35. The van der Waals surface area contributed by atoms with Crippen molar-refractivity contribution < 1.29 is 8.42 Å². The largest absolute Gasteiger partial charge is 0.370 e. The van der Waals surface area contributed by atoms with E-state index in [1.165, 1.54) is 11.3 Å². The van der Waals surface area contributed by atoms with Crippen LogP contribution < -0.4 is 20.9 Å². The Morgan fingerprint density at radius 2 is 2.03 bits per heavy atom. The van der Waals surface area contributed by atoms with Gasteiger partial charge in [0, 0.05) is 29.3 Å². The van der Waals surface area contributed by atoms with Crippen LogP contribution in [0.25, 0.3) is 0 Å². The third-order valence-corrected chi connectivity index (χ3v) is 6.03. The second kappa shape index (κ2) is 9.67. The minimum atomic E-state index is -3.67. The van der Waals surface area contributed by atoms with Crippen LogP contribution >= 0.6 is 23.1 Å². The van der Waals surface area contributed by atoms with Gasteiger partial charge in [-0.15, -0.1) is 11.3 Å². The molecule has 0 unspecified atom stereocenters. The first-order valence-corrected chi connectivity index (χ1v) is 11.8. The van der Waals surface area contributed by atoms with E-state index in [9.17, 15) is 8.42 Å². The van der Waals surface area contributed by atoms with Crippen LogP contribution in [0.4, 0.5) is 5.13 Å². The molecule has 0 radical (unpaired) electrons. The van der Waals surface area contributed by atoms with Gasteiger partial charge in [-0.2, -0.15) is 25.2 Å². The molecule has 1 fully saturated rings. The predicted molar refractivity (Wildman–Crippen MR) is 117 cm³/mol. The molecule has 1 aliphatic rings. The Balaban J connectivity index is 1.52. The first-order chi connectivity index (χ1) is 13.9. The second-order valence-electron chi connectivity index (χ2n) is 5.67. The summed E-state index contributed by atoms with van der Waals surface area (Å²) in [5, 5.41) is 2.40. The van der Waals surface area contributed by atoms with E-state index >= 15 is 0 Å². The summed E-state index contributed by atoms with van der Waals surface area (Å²) in [4.78, 5) is 20.8. The number of nitrogens with zero attached hydrogens (tertiary/aromatic N) is 5. The third kappa shape index (κ3) is 6.69. The molecular formula is C15H19N9O2S3. The van der Waals surface area contributed by atoms with Crippen LogP contribution in [-0.4, -0.2) is 48.3 Å². The molecule has 1 saturated heterocycles. The van der Waals surface area contributed by atoms with Crippen LogP contribution in [0.2, 0.25) is 0 Å². The van der Waals surface area contributed by atoms with Crippen molar-refractivity contribution in [3.63, 3.8) is 0 Å². The van der Waals surface area contributed by atoms with Crippen molar-refractivity contribution in [3.8, 4) is 0 Å². The summed E-state index contributed by atoms with van der Waals surface area (Å²) in [6.45, 7) is 0.712. The van der Waals surface area contributed by atoms with E-state index in [4.69, 9.17) is 11.5 Å². The first-order valence-electron chi connectivity index (χ1n) is 8.32. The molecule has 0 aromatic carbocycles. The monoisotopic (exact) mass is 453 g/mol. The molecule has 11 nitrogen and oxygen atoms in total. The van der Waals surface area contributed by atoms with E-state index in [1.54, 1.807) is 30.2 Å². The average Bonchev–Trinajstić information content (AvgIpc) is 3.23. The molecule has 0 atom stereocenters. The minimum Gasteiger partial charge on any atom is -0.370 e. The summed E-state index contributed by atoms with van der Waals surface area (Å²) in [5.74, 6) is 1.73. The van der Waals surface area contributed by atoms with Gasteiger partial charge < -0.3 is 11.5 Å². The maximum Gasteiger partial charge on any atom is 0.324 e. The van der Waals surface area contributed by atoms with E-state index in [0.29, 0.717) is 29.7 Å². The van der Waals surface area contributed by atoms with Gasteiger partial charge in [0.1, 0.15) is 0 Å². The van der Waals surface area contributed by atoms with Crippen molar-refractivity contribution in [1.29, 1.82) is 0 Å². The number of aromatic nitrogens is 2. The van der Waals surface area contributed by atoms with E-state index in [0.717, 1.165) is 11.3 Å². The number of rotatable bonds is 8. The lowest BCUT2D eigenvalue weighted by Gasteiger charge is -2.00. The Morgan fingerprint density at radius 3 is 2.76 bits per heavy atom. The first kappa shape index (κ1) is 21.0. The van der Waals surface area contributed by atoms with Gasteiger partial charge in [0.05, 0.1) is 18.8 Å². The van der Waals surface area contributed by atoms with Gasteiger partial charge in [-0.25, -0.2) is 14.4 Å². The molecule has 2 aromatic rings. The van der Waals surface area contributed by atoms with Gasteiger partial charge in [0.15, 0.2) is 17.6 Å². The van der Waals surface area contributed by atoms with Crippen molar-refractivity contribution in [2.45, 2.75) is 12.3 Å². The predicted octanol–water partition coefficient (Wildman–Crippen LogP) is 0.111. The zero-order valence-corrected chi connectivity index (χ0v) is 17.6. The number of nitrogens with two attached hydrogens (primary N) is 2. The van der Waals surface area contributed by atoms with Crippen molar-refractivity contribution in [2.75, 3.05) is 12.3 Å². The summed E-state index contributed by atoms with van der Waals surface area (Å²) < 4.78 is 28.3. The fraction of sp³-hybridized carbons (Fsp3) is 0.267. The van der Waals surface area contributed by atoms with Gasteiger partial charge in [0.2, 0.25) is 5.13 Å². The molecule has 14 heteroatoms. The van der Waals surface area contributed by atoms with Crippen molar-refractivity contribution >= 4 is 56.1 Å². The molecule has 3 heterocycles. The molecule has 0 amide bonds. The molecule has 0 bridgehead atoms. The van der Waals surface area contributed by atoms with Gasteiger partial charge >= 0.3 is 10.2 Å². The second-order valence-corrected chi connectivity index (χ2v) is 9.03. The van der Waals surface area contributed by atoms with Gasteiger partial charge in [-0.1, -0.05) is 6.07 Å². The molecule has 0 aliphatic carbocycles. The van der Waals surface area contributed by atoms with Crippen molar-refractivity contribution in [1.82, 2.24) is 19.4 Å². The number of aliphatic imine (C=N–C) groups is 3. The number of amidine groups is 2. The zero-order valence-electron chi connectivity index (χ0n) is 15.1. The lowest BCUT2D eigenvalue weighted by molar-refractivity contribution is 0.591. The summed E-state index contributed by atoms with van der Waals surface area (Å²) in [7, 11) is -3.67.